The summed E-state index contributed by atoms with van der Waals surface area (Å²) in [7, 11) is 0. The van der Waals surface area contributed by atoms with Crippen molar-refractivity contribution < 1.29 is 18.3 Å². The standard InChI is InChI=1S/C8H6ClF2NO2/c9-4-14-8(13)12-7-5(10)2-1-3-6(7)11/h1-3H,4H2,(H,12,13). The van der Waals surface area contributed by atoms with Gasteiger partial charge in [0.2, 0.25) is 0 Å². The van der Waals surface area contributed by atoms with Crippen molar-refractivity contribution >= 4 is 23.4 Å². The van der Waals surface area contributed by atoms with E-state index < -0.39 is 23.4 Å². The minimum absolute atomic E-state index is 0.387. The Balaban J connectivity index is 2.80. The molecule has 1 aromatic rings. The molecule has 0 aromatic heterocycles. The van der Waals surface area contributed by atoms with Crippen LogP contribution in [0.25, 0.3) is 0 Å². The van der Waals surface area contributed by atoms with Gasteiger partial charge in [0.1, 0.15) is 17.3 Å². The first-order chi connectivity index (χ1) is 6.65. The number of rotatable bonds is 2. The fourth-order valence-electron chi connectivity index (χ4n) is 0.805. The summed E-state index contributed by atoms with van der Waals surface area (Å²) < 4.78 is 30.1. The molecule has 0 fully saturated rings. The Labute approximate surface area is 83.6 Å². The van der Waals surface area contributed by atoms with Gasteiger partial charge in [-0.2, -0.15) is 0 Å². The fraction of sp³-hybridized carbons (Fsp3) is 0.125. The van der Waals surface area contributed by atoms with E-state index in [1.807, 2.05) is 5.32 Å². The number of benzene rings is 1. The van der Waals surface area contributed by atoms with Crippen molar-refractivity contribution in [2.75, 3.05) is 11.4 Å². The smallest absolute Gasteiger partial charge is 0.413 e. The van der Waals surface area contributed by atoms with Crippen molar-refractivity contribution in [1.82, 2.24) is 0 Å². The van der Waals surface area contributed by atoms with E-state index in [1.54, 1.807) is 0 Å². The lowest BCUT2D eigenvalue weighted by molar-refractivity contribution is 0.180. The van der Waals surface area contributed by atoms with E-state index >= 15 is 0 Å². The summed E-state index contributed by atoms with van der Waals surface area (Å²) in [5.74, 6) is -1.76. The Morgan fingerprint density at radius 1 is 1.43 bits per heavy atom. The van der Waals surface area contributed by atoms with Crippen molar-refractivity contribution in [2.45, 2.75) is 0 Å². The highest BCUT2D eigenvalue weighted by Crippen LogP contribution is 2.17. The topological polar surface area (TPSA) is 38.3 Å². The maximum Gasteiger partial charge on any atom is 0.413 e. The molecular formula is C8H6ClF2NO2. The Kier molecular flexibility index (Phi) is 3.64. The van der Waals surface area contributed by atoms with Gasteiger partial charge in [0.15, 0.2) is 6.07 Å². The van der Waals surface area contributed by atoms with Gasteiger partial charge in [-0.25, -0.2) is 13.6 Å². The lowest BCUT2D eigenvalue weighted by Crippen LogP contribution is -2.14. The molecule has 1 rings (SSSR count). The van der Waals surface area contributed by atoms with Gasteiger partial charge >= 0.3 is 6.09 Å². The molecule has 0 heterocycles. The Bertz CT molecular complexity index is 326. The lowest BCUT2D eigenvalue weighted by Gasteiger charge is -2.06. The average molecular weight is 222 g/mol. The molecule has 0 spiro atoms. The Hall–Kier alpha value is -1.36. The van der Waals surface area contributed by atoms with Crippen LogP contribution in [0, 0.1) is 11.6 Å². The average Bonchev–Trinajstić information content (AvgIpc) is 2.12. The van der Waals surface area contributed by atoms with E-state index in [0.29, 0.717) is 0 Å². The number of amides is 1. The second-order valence-corrected chi connectivity index (χ2v) is 2.48. The predicted octanol–water partition coefficient (Wildman–Crippen LogP) is 2.71. The number of nitrogens with one attached hydrogen (secondary N) is 1. The summed E-state index contributed by atoms with van der Waals surface area (Å²) in [5, 5.41) is 1.88. The third-order valence-corrected chi connectivity index (χ3v) is 1.48. The Morgan fingerprint density at radius 3 is 2.50 bits per heavy atom. The normalized spacial score (nSPS) is 9.64. The highest BCUT2D eigenvalue weighted by Gasteiger charge is 2.11. The molecule has 0 aliphatic heterocycles. The molecule has 0 bridgehead atoms. The van der Waals surface area contributed by atoms with E-state index in [4.69, 9.17) is 11.6 Å². The van der Waals surface area contributed by atoms with Gasteiger partial charge in [-0.1, -0.05) is 17.7 Å². The van der Waals surface area contributed by atoms with Crippen LogP contribution in [0.4, 0.5) is 19.3 Å². The summed E-state index contributed by atoms with van der Waals surface area (Å²) in [5.41, 5.74) is -0.553. The number of ether oxygens (including phenoxy) is 1. The number of halogens is 3. The van der Waals surface area contributed by atoms with Crippen LogP contribution in [0.3, 0.4) is 0 Å². The largest absolute Gasteiger partial charge is 0.433 e. The van der Waals surface area contributed by atoms with E-state index in [0.717, 1.165) is 12.1 Å². The van der Waals surface area contributed by atoms with Crippen LogP contribution >= 0.6 is 11.6 Å². The molecule has 0 aliphatic carbocycles. The zero-order chi connectivity index (χ0) is 10.6. The SMILES string of the molecule is O=C(Nc1c(F)cccc1F)OCCl. The maximum absolute atomic E-state index is 12.9. The van der Waals surface area contributed by atoms with E-state index in [9.17, 15) is 13.6 Å². The number of alkyl halides is 1. The van der Waals surface area contributed by atoms with Crippen molar-refractivity contribution in [3.05, 3.63) is 29.8 Å². The summed E-state index contributed by atoms with van der Waals surface area (Å²) in [4.78, 5) is 10.8. The molecule has 0 radical (unpaired) electrons. The summed E-state index contributed by atoms with van der Waals surface area (Å²) in [6.45, 7) is 0. The molecule has 76 valence electrons. The molecule has 0 aliphatic rings. The van der Waals surface area contributed by atoms with Crippen molar-refractivity contribution in [2.24, 2.45) is 0 Å². The third-order valence-electron chi connectivity index (χ3n) is 1.38. The first-order valence-electron chi connectivity index (χ1n) is 3.59. The summed E-state index contributed by atoms with van der Waals surface area (Å²) in [6, 6.07) is 2.82. The van der Waals surface area contributed by atoms with Gasteiger partial charge in [0.25, 0.3) is 0 Å². The van der Waals surface area contributed by atoms with Crippen molar-refractivity contribution in [3.8, 4) is 0 Å². The second-order valence-electron chi connectivity index (χ2n) is 2.26. The van der Waals surface area contributed by atoms with Gasteiger partial charge in [-0.05, 0) is 12.1 Å². The highest BCUT2D eigenvalue weighted by molar-refractivity contribution is 6.17. The molecular weight excluding hydrogens is 216 g/mol. The summed E-state index contributed by atoms with van der Waals surface area (Å²) in [6.07, 6.45) is -1.01. The number of carbonyl (C=O) groups excluding carboxylic acids is 1. The van der Waals surface area contributed by atoms with E-state index in [2.05, 4.69) is 4.74 Å². The monoisotopic (exact) mass is 221 g/mol. The number of anilines is 1. The van der Waals surface area contributed by atoms with Gasteiger partial charge < -0.3 is 4.74 Å². The van der Waals surface area contributed by atoms with Crippen LogP contribution < -0.4 is 5.32 Å². The van der Waals surface area contributed by atoms with Crippen LogP contribution in [0.2, 0.25) is 0 Å². The third kappa shape index (κ3) is 2.56. The van der Waals surface area contributed by atoms with Crippen LogP contribution in [-0.4, -0.2) is 12.2 Å². The minimum Gasteiger partial charge on any atom is -0.433 e. The predicted molar refractivity (Wildman–Crippen MR) is 47.2 cm³/mol. The van der Waals surface area contributed by atoms with E-state index in [-0.39, 0.29) is 6.07 Å². The van der Waals surface area contributed by atoms with Gasteiger partial charge in [-0.15, -0.1) is 0 Å². The van der Waals surface area contributed by atoms with Crippen LogP contribution in [-0.2, 0) is 4.74 Å². The van der Waals surface area contributed by atoms with Crippen molar-refractivity contribution in [3.63, 3.8) is 0 Å². The summed E-state index contributed by atoms with van der Waals surface area (Å²) >= 11 is 5.07. The number of hydrogen-bond donors (Lipinski definition) is 1. The van der Waals surface area contributed by atoms with Gasteiger partial charge in [0, 0.05) is 0 Å². The zero-order valence-electron chi connectivity index (χ0n) is 6.89. The highest BCUT2D eigenvalue weighted by atomic mass is 35.5. The molecule has 0 saturated heterocycles. The first kappa shape index (κ1) is 10.7. The zero-order valence-corrected chi connectivity index (χ0v) is 7.65. The number of hydrogen-bond acceptors (Lipinski definition) is 2. The fourth-order valence-corrected chi connectivity index (χ4v) is 0.904. The van der Waals surface area contributed by atoms with Gasteiger partial charge in [-0.3, -0.25) is 5.32 Å². The molecule has 0 unspecified atom stereocenters. The quantitative estimate of drug-likeness (QED) is 0.780. The Morgan fingerprint density at radius 2 is 2.00 bits per heavy atom. The molecule has 0 atom stereocenters. The first-order valence-corrected chi connectivity index (χ1v) is 4.12. The second kappa shape index (κ2) is 4.76. The van der Waals surface area contributed by atoms with Crippen molar-refractivity contribution in [1.29, 1.82) is 0 Å². The van der Waals surface area contributed by atoms with Crippen LogP contribution in [0.5, 0.6) is 0 Å². The van der Waals surface area contributed by atoms with E-state index in [1.165, 1.54) is 6.07 Å². The molecule has 3 nitrogen and oxygen atoms in total. The molecule has 1 N–H and O–H groups in total. The molecule has 1 aromatic carbocycles. The number of para-hydroxylation sites is 1. The molecule has 14 heavy (non-hydrogen) atoms. The van der Waals surface area contributed by atoms with Crippen LogP contribution in [0.1, 0.15) is 0 Å². The molecule has 1 amide bonds. The molecule has 0 saturated carbocycles. The van der Waals surface area contributed by atoms with Crippen LogP contribution in [0.15, 0.2) is 18.2 Å². The maximum atomic E-state index is 12.9. The molecule has 6 heteroatoms. The lowest BCUT2D eigenvalue weighted by atomic mass is 10.3. The van der Waals surface area contributed by atoms with Gasteiger partial charge in [0.05, 0.1) is 0 Å². The minimum atomic E-state index is -1.01. The number of carbonyl (C=O) groups is 1.